The number of nitrogens with one attached hydrogen (secondary N) is 2. The minimum atomic E-state index is -3.93. The molecule has 1 aromatic heterocycles. The maximum atomic E-state index is 13.6. The number of hydrogen-bond donors (Lipinski definition) is 2. The Kier molecular flexibility index (Phi) is 4.46. The molecule has 0 radical (unpaired) electrons. The molecule has 5 nitrogen and oxygen atoms in total. The van der Waals surface area contributed by atoms with Crippen LogP contribution in [0.25, 0.3) is 0 Å². The van der Waals surface area contributed by atoms with E-state index in [0.717, 1.165) is 12.3 Å². The molecule has 0 aliphatic rings. The van der Waals surface area contributed by atoms with E-state index in [1.807, 2.05) is 0 Å². The molecule has 0 aliphatic heterocycles. The highest BCUT2D eigenvalue weighted by Crippen LogP contribution is 2.19. The Bertz CT molecular complexity index is 820. The first kappa shape index (κ1) is 15.7. The largest absolute Gasteiger partial charge is 0.326 e. The van der Waals surface area contributed by atoms with Crippen LogP contribution in [-0.2, 0) is 10.0 Å². The molecule has 1 unspecified atom stereocenters. The highest BCUT2D eigenvalue weighted by atomic mass is 35.5. The fraction of sp³-hybridized carbons (Fsp3) is 0.154. The van der Waals surface area contributed by atoms with Crippen LogP contribution >= 0.6 is 11.6 Å². The summed E-state index contributed by atoms with van der Waals surface area (Å²) in [4.78, 5) is 13.2. The molecule has 21 heavy (non-hydrogen) atoms. The normalized spacial score (nSPS) is 13.1. The lowest BCUT2D eigenvalue weighted by atomic mass is 10.1. The zero-order valence-electron chi connectivity index (χ0n) is 10.9. The SMILES string of the molecule is CC(NS(=O)(=O)c1c[nH]c(=O)c(Cl)c1)c1ccccc1F. The second-order valence-electron chi connectivity index (χ2n) is 4.38. The number of halogens is 2. The summed E-state index contributed by atoms with van der Waals surface area (Å²) in [5, 5.41) is -0.239. The van der Waals surface area contributed by atoms with Crippen LogP contribution in [0.5, 0.6) is 0 Å². The highest BCUT2D eigenvalue weighted by Gasteiger charge is 2.21. The molecule has 2 rings (SSSR count). The molecule has 0 aliphatic carbocycles. The Morgan fingerprint density at radius 2 is 2.00 bits per heavy atom. The second-order valence-corrected chi connectivity index (χ2v) is 6.50. The van der Waals surface area contributed by atoms with Gasteiger partial charge in [0.15, 0.2) is 0 Å². The summed E-state index contributed by atoms with van der Waals surface area (Å²) < 4.78 is 40.3. The summed E-state index contributed by atoms with van der Waals surface area (Å²) in [5.41, 5.74) is -0.366. The summed E-state index contributed by atoms with van der Waals surface area (Å²) in [6.45, 7) is 1.52. The van der Waals surface area contributed by atoms with Crippen LogP contribution in [0.2, 0.25) is 5.02 Å². The van der Waals surface area contributed by atoms with Gasteiger partial charge in [0.1, 0.15) is 10.8 Å². The molecular weight excluding hydrogens is 319 g/mol. The van der Waals surface area contributed by atoms with E-state index in [1.165, 1.54) is 25.1 Å². The van der Waals surface area contributed by atoms with Crippen LogP contribution in [-0.4, -0.2) is 13.4 Å². The minimum Gasteiger partial charge on any atom is -0.326 e. The fourth-order valence-electron chi connectivity index (χ4n) is 1.78. The van der Waals surface area contributed by atoms with E-state index in [1.54, 1.807) is 6.07 Å². The van der Waals surface area contributed by atoms with Gasteiger partial charge in [-0.2, -0.15) is 0 Å². The first-order valence-electron chi connectivity index (χ1n) is 5.96. The summed E-state index contributed by atoms with van der Waals surface area (Å²) in [5.74, 6) is -0.507. The number of pyridine rings is 1. The van der Waals surface area contributed by atoms with Gasteiger partial charge in [-0.15, -0.1) is 0 Å². The molecule has 8 heteroatoms. The number of rotatable bonds is 4. The van der Waals surface area contributed by atoms with Gasteiger partial charge < -0.3 is 4.98 Å². The summed E-state index contributed by atoms with van der Waals surface area (Å²) in [6, 6.07) is 6.12. The summed E-state index contributed by atoms with van der Waals surface area (Å²) in [6.07, 6.45) is 1.03. The average molecular weight is 331 g/mol. The molecule has 0 saturated heterocycles. The van der Waals surface area contributed by atoms with Gasteiger partial charge in [-0.25, -0.2) is 17.5 Å². The molecule has 0 amide bonds. The lowest BCUT2D eigenvalue weighted by Gasteiger charge is -2.15. The standard InChI is InChI=1S/C13H12ClFN2O3S/c1-8(10-4-2-3-5-12(10)15)17-21(19,20)9-6-11(14)13(18)16-7-9/h2-8,17H,1H3,(H,16,18). The van der Waals surface area contributed by atoms with Crippen LogP contribution in [0, 0.1) is 5.82 Å². The monoisotopic (exact) mass is 330 g/mol. The number of benzene rings is 1. The van der Waals surface area contributed by atoms with Crippen molar-refractivity contribution in [2.75, 3.05) is 0 Å². The van der Waals surface area contributed by atoms with Crippen LogP contribution in [0.3, 0.4) is 0 Å². The third-order valence-corrected chi connectivity index (χ3v) is 4.65. The second kappa shape index (κ2) is 5.97. The van der Waals surface area contributed by atoms with E-state index in [9.17, 15) is 17.6 Å². The number of hydrogen-bond acceptors (Lipinski definition) is 3. The average Bonchev–Trinajstić information content (AvgIpc) is 2.41. The topological polar surface area (TPSA) is 79.0 Å². The lowest BCUT2D eigenvalue weighted by Crippen LogP contribution is -2.28. The first-order valence-corrected chi connectivity index (χ1v) is 7.82. The van der Waals surface area contributed by atoms with Crippen molar-refractivity contribution in [3.05, 3.63) is 63.3 Å². The number of sulfonamides is 1. The third kappa shape index (κ3) is 3.49. The molecule has 1 atom stereocenters. The Morgan fingerprint density at radius 1 is 1.33 bits per heavy atom. The molecule has 0 bridgehead atoms. The van der Waals surface area contributed by atoms with Gasteiger partial charge in [0, 0.05) is 17.8 Å². The Morgan fingerprint density at radius 3 is 2.62 bits per heavy atom. The van der Waals surface area contributed by atoms with Crippen molar-refractivity contribution < 1.29 is 12.8 Å². The Hall–Kier alpha value is -1.70. The van der Waals surface area contributed by atoms with Crippen LogP contribution < -0.4 is 10.3 Å². The van der Waals surface area contributed by atoms with Crippen molar-refractivity contribution in [3.8, 4) is 0 Å². The summed E-state index contributed by atoms with van der Waals surface area (Å²) in [7, 11) is -3.93. The van der Waals surface area contributed by atoms with Crippen molar-refractivity contribution in [2.45, 2.75) is 17.9 Å². The molecule has 112 valence electrons. The van der Waals surface area contributed by atoms with Gasteiger partial charge in [0.25, 0.3) is 5.56 Å². The van der Waals surface area contributed by atoms with Crippen molar-refractivity contribution in [3.63, 3.8) is 0 Å². The van der Waals surface area contributed by atoms with E-state index >= 15 is 0 Å². The molecule has 0 spiro atoms. The van der Waals surface area contributed by atoms with E-state index in [0.29, 0.717) is 0 Å². The molecule has 0 saturated carbocycles. The molecule has 1 aromatic carbocycles. The van der Waals surface area contributed by atoms with E-state index in [4.69, 9.17) is 11.6 Å². The van der Waals surface area contributed by atoms with Gasteiger partial charge in [-0.3, -0.25) is 4.79 Å². The maximum absolute atomic E-state index is 13.6. The van der Waals surface area contributed by atoms with Crippen molar-refractivity contribution >= 4 is 21.6 Å². The Balaban J connectivity index is 2.31. The van der Waals surface area contributed by atoms with Gasteiger partial charge in [0.05, 0.1) is 4.90 Å². The zero-order valence-corrected chi connectivity index (χ0v) is 12.5. The molecule has 2 aromatic rings. The van der Waals surface area contributed by atoms with E-state index in [2.05, 4.69) is 9.71 Å². The van der Waals surface area contributed by atoms with Gasteiger partial charge in [-0.1, -0.05) is 29.8 Å². The fourth-order valence-corrected chi connectivity index (χ4v) is 3.24. The highest BCUT2D eigenvalue weighted by molar-refractivity contribution is 7.89. The van der Waals surface area contributed by atoms with Gasteiger partial charge in [0.2, 0.25) is 10.0 Å². The van der Waals surface area contributed by atoms with Crippen molar-refractivity contribution in [1.29, 1.82) is 0 Å². The van der Waals surface area contributed by atoms with E-state index in [-0.39, 0.29) is 15.5 Å². The van der Waals surface area contributed by atoms with Gasteiger partial charge in [-0.05, 0) is 19.1 Å². The third-order valence-electron chi connectivity index (χ3n) is 2.85. The number of aromatic amines is 1. The molecule has 1 heterocycles. The predicted molar refractivity (Wildman–Crippen MR) is 77.2 cm³/mol. The minimum absolute atomic E-state index is 0.199. The smallest absolute Gasteiger partial charge is 0.266 e. The van der Waals surface area contributed by atoms with Crippen LogP contribution in [0.15, 0.2) is 46.2 Å². The molecular formula is C13H12ClFN2O3S. The van der Waals surface area contributed by atoms with Crippen LogP contribution in [0.1, 0.15) is 18.5 Å². The van der Waals surface area contributed by atoms with Crippen molar-refractivity contribution in [1.82, 2.24) is 9.71 Å². The maximum Gasteiger partial charge on any atom is 0.266 e. The predicted octanol–water partition coefficient (Wildman–Crippen LogP) is 2.21. The van der Waals surface area contributed by atoms with E-state index < -0.39 is 27.4 Å². The van der Waals surface area contributed by atoms with Gasteiger partial charge >= 0.3 is 0 Å². The summed E-state index contributed by atoms with van der Waals surface area (Å²) >= 11 is 5.60. The molecule has 2 N–H and O–H groups in total. The number of aromatic nitrogens is 1. The van der Waals surface area contributed by atoms with Crippen molar-refractivity contribution in [2.24, 2.45) is 0 Å². The number of H-pyrrole nitrogens is 1. The van der Waals surface area contributed by atoms with Crippen LogP contribution in [0.4, 0.5) is 4.39 Å². The lowest BCUT2D eigenvalue weighted by molar-refractivity contribution is 0.549. The Labute approximate surface area is 125 Å². The quantitative estimate of drug-likeness (QED) is 0.902. The molecule has 0 fully saturated rings. The zero-order chi connectivity index (χ0) is 15.6. The first-order chi connectivity index (χ1) is 9.81.